The van der Waals surface area contributed by atoms with Crippen LogP contribution in [0.15, 0.2) is 48.2 Å². The largest absolute Gasteiger partial charge is 0.493 e. The average Bonchev–Trinajstić information content (AvgIpc) is 3.09. The zero-order chi connectivity index (χ0) is 19.4. The van der Waals surface area contributed by atoms with Crippen molar-refractivity contribution >= 4 is 22.8 Å². The highest BCUT2D eigenvalue weighted by atomic mass is 16.5. The van der Waals surface area contributed by atoms with Gasteiger partial charge in [0.05, 0.1) is 20.8 Å². The molecular formula is C22H23NO4. The van der Waals surface area contributed by atoms with Gasteiger partial charge in [-0.25, -0.2) is 0 Å². The van der Waals surface area contributed by atoms with Crippen LogP contribution >= 0.6 is 0 Å². The number of fused-ring (bicyclic) bond motifs is 1. The fourth-order valence-electron chi connectivity index (χ4n) is 3.06. The third kappa shape index (κ3) is 3.67. The van der Waals surface area contributed by atoms with Gasteiger partial charge in [0.2, 0.25) is 5.75 Å². The predicted molar refractivity (Wildman–Crippen MR) is 107 cm³/mol. The molecule has 1 heterocycles. The Labute approximate surface area is 158 Å². The number of allylic oxidation sites excluding steroid dienone is 1. The summed E-state index contributed by atoms with van der Waals surface area (Å²) in [5, 5.41) is 1.08. The van der Waals surface area contributed by atoms with Crippen molar-refractivity contribution in [3.8, 4) is 17.2 Å². The molecule has 27 heavy (non-hydrogen) atoms. The quantitative estimate of drug-likeness (QED) is 0.479. The van der Waals surface area contributed by atoms with E-state index in [-0.39, 0.29) is 5.78 Å². The van der Waals surface area contributed by atoms with E-state index in [2.05, 4.69) is 4.98 Å². The number of ketones is 1. The molecule has 3 aromatic rings. The number of hydrogen-bond donors (Lipinski definition) is 1. The SMILES string of the molecule is CCOc1cc(C(=O)C(C)=Cc2c[nH]c3ccccc23)cc(OC)c1OC. The molecule has 0 atom stereocenters. The van der Waals surface area contributed by atoms with Crippen LogP contribution in [0.4, 0.5) is 0 Å². The number of Topliss-reactive ketones (excluding diaryl/α,β-unsaturated/α-hetero) is 1. The molecule has 5 heteroatoms. The first kappa shape index (κ1) is 18.6. The number of rotatable bonds is 7. The minimum absolute atomic E-state index is 0.0952. The maximum atomic E-state index is 13.0. The second kappa shape index (κ2) is 7.99. The molecule has 5 nitrogen and oxygen atoms in total. The lowest BCUT2D eigenvalue weighted by atomic mass is 10.0. The van der Waals surface area contributed by atoms with Crippen molar-refractivity contribution in [2.24, 2.45) is 0 Å². The summed E-state index contributed by atoms with van der Waals surface area (Å²) < 4.78 is 16.4. The van der Waals surface area contributed by atoms with E-state index in [0.717, 1.165) is 16.5 Å². The zero-order valence-electron chi connectivity index (χ0n) is 16.0. The second-order valence-electron chi connectivity index (χ2n) is 6.09. The van der Waals surface area contributed by atoms with Crippen molar-refractivity contribution in [3.05, 3.63) is 59.3 Å². The van der Waals surface area contributed by atoms with Crippen molar-refractivity contribution in [2.75, 3.05) is 20.8 Å². The number of H-pyrrole nitrogens is 1. The summed E-state index contributed by atoms with van der Waals surface area (Å²) in [6.07, 6.45) is 3.79. The van der Waals surface area contributed by atoms with Gasteiger partial charge in [-0.3, -0.25) is 4.79 Å². The third-order valence-electron chi connectivity index (χ3n) is 4.36. The van der Waals surface area contributed by atoms with Gasteiger partial charge in [0, 0.05) is 28.2 Å². The Morgan fingerprint density at radius 1 is 1.11 bits per heavy atom. The molecule has 0 aliphatic rings. The number of carbonyl (C=O) groups excluding carboxylic acids is 1. The minimum atomic E-state index is -0.0952. The number of nitrogens with one attached hydrogen (secondary N) is 1. The van der Waals surface area contributed by atoms with E-state index < -0.39 is 0 Å². The van der Waals surface area contributed by atoms with Crippen molar-refractivity contribution < 1.29 is 19.0 Å². The van der Waals surface area contributed by atoms with Crippen molar-refractivity contribution in [2.45, 2.75) is 13.8 Å². The monoisotopic (exact) mass is 365 g/mol. The molecule has 0 bridgehead atoms. The van der Waals surface area contributed by atoms with Gasteiger partial charge < -0.3 is 19.2 Å². The number of benzene rings is 2. The zero-order valence-corrected chi connectivity index (χ0v) is 16.0. The topological polar surface area (TPSA) is 60.6 Å². The van der Waals surface area contributed by atoms with Crippen LogP contribution in [-0.4, -0.2) is 31.6 Å². The Bertz CT molecular complexity index is 1000. The number of para-hydroxylation sites is 1. The van der Waals surface area contributed by atoms with Crippen molar-refractivity contribution in [1.29, 1.82) is 0 Å². The van der Waals surface area contributed by atoms with Crippen LogP contribution < -0.4 is 14.2 Å². The molecule has 0 aliphatic carbocycles. The van der Waals surface area contributed by atoms with Crippen LogP contribution in [0, 0.1) is 0 Å². The van der Waals surface area contributed by atoms with Crippen LogP contribution in [0.1, 0.15) is 29.8 Å². The molecule has 3 rings (SSSR count). The first-order valence-electron chi connectivity index (χ1n) is 8.77. The molecule has 0 unspecified atom stereocenters. The summed E-state index contributed by atoms with van der Waals surface area (Å²) in [6.45, 7) is 4.14. The molecule has 1 aromatic heterocycles. The molecule has 0 amide bonds. The maximum absolute atomic E-state index is 13.0. The lowest BCUT2D eigenvalue weighted by Gasteiger charge is -2.15. The molecule has 0 aliphatic heterocycles. The van der Waals surface area contributed by atoms with Crippen LogP contribution in [0.25, 0.3) is 17.0 Å². The van der Waals surface area contributed by atoms with Crippen LogP contribution in [-0.2, 0) is 0 Å². The second-order valence-corrected chi connectivity index (χ2v) is 6.09. The van der Waals surface area contributed by atoms with Gasteiger partial charge in [-0.05, 0) is 43.7 Å². The molecule has 0 spiro atoms. The van der Waals surface area contributed by atoms with Crippen molar-refractivity contribution in [3.63, 3.8) is 0 Å². The number of aromatic nitrogens is 1. The normalized spacial score (nSPS) is 11.5. The van der Waals surface area contributed by atoms with Gasteiger partial charge >= 0.3 is 0 Å². The predicted octanol–water partition coefficient (Wildman–Crippen LogP) is 4.87. The Morgan fingerprint density at radius 3 is 2.56 bits per heavy atom. The highest BCUT2D eigenvalue weighted by Gasteiger charge is 2.18. The molecule has 1 N–H and O–H groups in total. The van der Waals surface area contributed by atoms with Crippen LogP contribution in [0.3, 0.4) is 0 Å². The Morgan fingerprint density at radius 2 is 1.85 bits per heavy atom. The summed E-state index contributed by atoms with van der Waals surface area (Å²) in [5.41, 5.74) is 3.12. The van der Waals surface area contributed by atoms with Gasteiger partial charge in [-0.15, -0.1) is 0 Å². The van der Waals surface area contributed by atoms with Gasteiger partial charge in [0.25, 0.3) is 0 Å². The van der Waals surface area contributed by atoms with Crippen LogP contribution in [0.5, 0.6) is 17.2 Å². The molecular weight excluding hydrogens is 342 g/mol. The molecule has 0 saturated heterocycles. The number of carbonyl (C=O) groups is 1. The number of hydrogen-bond acceptors (Lipinski definition) is 4. The first-order valence-corrected chi connectivity index (χ1v) is 8.77. The lowest BCUT2D eigenvalue weighted by Crippen LogP contribution is -2.05. The summed E-state index contributed by atoms with van der Waals surface area (Å²) in [5.74, 6) is 1.34. The number of ether oxygens (including phenoxy) is 3. The lowest BCUT2D eigenvalue weighted by molar-refractivity contribution is 0.103. The van der Waals surface area contributed by atoms with E-state index in [1.165, 1.54) is 7.11 Å². The average molecular weight is 365 g/mol. The summed E-state index contributed by atoms with van der Waals surface area (Å²) >= 11 is 0. The Hall–Kier alpha value is -3.21. The smallest absolute Gasteiger partial charge is 0.203 e. The van der Waals surface area contributed by atoms with Gasteiger partial charge in [0.15, 0.2) is 17.3 Å². The van der Waals surface area contributed by atoms with E-state index in [1.54, 1.807) is 26.2 Å². The van der Waals surface area contributed by atoms with E-state index in [4.69, 9.17) is 14.2 Å². The third-order valence-corrected chi connectivity index (χ3v) is 4.36. The highest BCUT2D eigenvalue weighted by molar-refractivity contribution is 6.12. The van der Waals surface area contributed by atoms with E-state index in [0.29, 0.717) is 35.0 Å². The molecule has 0 fully saturated rings. The molecule has 140 valence electrons. The summed E-state index contributed by atoms with van der Waals surface area (Å²) in [7, 11) is 3.08. The Balaban J connectivity index is 2.00. The van der Waals surface area contributed by atoms with E-state index in [9.17, 15) is 4.79 Å². The Kier molecular flexibility index (Phi) is 5.50. The standard InChI is InChI=1S/C22H23NO4/c1-5-27-20-12-15(11-19(25-3)22(20)26-4)21(24)14(2)10-16-13-23-18-9-7-6-8-17(16)18/h6-13,23H,5H2,1-4H3. The summed E-state index contributed by atoms with van der Waals surface area (Å²) in [6, 6.07) is 11.4. The van der Waals surface area contributed by atoms with Gasteiger partial charge in [-0.2, -0.15) is 0 Å². The summed E-state index contributed by atoms with van der Waals surface area (Å²) in [4.78, 5) is 16.2. The number of aromatic amines is 1. The fourth-order valence-corrected chi connectivity index (χ4v) is 3.06. The van der Waals surface area contributed by atoms with Gasteiger partial charge in [-0.1, -0.05) is 18.2 Å². The number of methoxy groups -OCH3 is 2. The molecule has 0 radical (unpaired) electrons. The minimum Gasteiger partial charge on any atom is -0.493 e. The maximum Gasteiger partial charge on any atom is 0.203 e. The van der Waals surface area contributed by atoms with Crippen LogP contribution in [0.2, 0.25) is 0 Å². The van der Waals surface area contributed by atoms with Gasteiger partial charge in [0.1, 0.15) is 0 Å². The first-order chi connectivity index (χ1) is 13.1. The van der Waals surface area contributed by atoms with E-state index >= 15 is 0 Å². The fraction of sp³-hybridized carbons (Fsp3) is 0.227. The van der Waals surface area contributed by atoms with Crippen molar-refractivity contribution in [1.82, 2.24) is 4.98 Å². The highest BCUT2D eigenvalue weighted by Crippen LogP contribution is 2.39. The molecule has 0 saturated carbocycles. The molecule has 2 aromatic carbocycles. The van der Waals surface area contributed by atoms with E-state index in [1.807, 2.05) is 43.5 Å².